The molecule has 0 fully saturated rings. The number of non-ortho nitro benzene ring substituents is 1. The van der Waals surface area contributed by atoms with Gasteiger partial charge in [-0.1, -0.05) is 0 Å². The molecule has 1 atom stereocenters. The molecule has 0 aliphatic heterocycles. The number of hydrogen-bond acceptors (Lipinski definition) is 7. The number of nitrogens with zero attached hydrogens (tertiary/aromatic N) is 1. The van der Waals surface area contributed by atoms with Crippen LogP contribution in [0.15, 0.2) is 57.7 Å². The van der Waals surface area contributed by atoms with Gasteiger partial charge < -0.3 is 19.2 Å². The third-order valence-corrected chi connectivity index (χ3v) is 3.93. The number of nitro groups is 1. The number of hydrogen-bond donors (Lipinski definition) is 1. The Labute approximate surface area is 158 Å². The van der Waals surface area contributed by atoms with E-state index in [0.29, 0.717) is 16.7 Å². The zero-order valence-corrected chi connectivity index (χ0v) is 15.0. The predicted molar refractivity (Wildman–Crippen MR) is 101 cm³/mol. The topological polar surface area (TPSA) is 121 Å². The Balaban J connectivity index is 1.77. The summed E-state index contributed by atoms with van der Waals surface area (Å²) < 4.78 is 15.8. The largest absolute Gasteiger partial charge is 0.495 e. The predicted octanol–water partition coefficient (Wildman–Crippen LogP) is 3.12. The lowest BCUT2D eigenvalue weighted by atomic mass is 10.2. The molecule has 0 aliphatic carbocycles. The van der Waals surface area contributed by atoms with Crippen molar-refractivity contribution in [1.29, 1.82) is 0 Å². The van der Waals surface area contributed by atoms with Crippen LogP contribution in [-0.2, 0) is 4.79 Å². The third kappa shape index (κ3) is 4.09. The van der Waals surface area contributed by atoms with Crippen LogP contribution in [0.2, 0.25) is 0 Å². The third-order valence-electron chi connectivity index (χ3n) is 3.93. The minimum atomic E-state index is -0.933. The number of nitro benzene ring substituents is 1. The lowest BCUT2D eigenvalue weighted by Crippen LogP contribution is -2.30. The van der Waals surface area contributed by atoms with Gasteiger partial charge >= 0.3 is 5.63 Å². The molecule has 0 bridgehead atoms. The van der Waals surface area contributed by atoms with E-state index in [1.54, 1.807) is 18.2 Å². The molecule has 1 heterocycles. The number of amides is 1. The van der Waals surface area contributed by atoms with Gasteiger partial charge in [-0.25, -0.2) is 4.79 Å². The van der Waals surface area contributed by atoms with Crippen molar-refractivity contribution in [2.45, 2.75) is 13.0 Å². The molecule has 1 aromatic heterocycles. The zero-order valence-electron chi connectivity index (χ0n) is 15.0. The molecule has 0 saturated carbocycles. The van der Waals surface area contributed by atoms with Gasteiger partial charge in [0.2, 0.25) is 0 Å². The smallest absolute Gasteiger partial charge is 0.336 e. The van der Waals surface area contributed by atoms with Crippen molar-refractivity contribution in [2.75, 3.05) is 12.4 Å². The van der Waals surface area contributed by atoms with Crippen LogP contribution in [0.5, 0.6) is 11.5 Å². The van der Waals surface area contributed by atoms with E-state index in [-0.39, 0.29) is 17.1 Å². The standard InChI is InChI=1S/C19H16N2O7/c1-11(27-14-6-3-12-4-8-18(22)28-17(12)10-14)19(23)20-15-9-13(21(24)25)5-7-16(15)26-2/h3-11H,1-2H3,(H,20,23)/t11-/m1/s1. The van der Waals surface area contributed by atoms with Gasteiger partial charge in [0.25, 0.3) is 11.6 Å². The minimum Gasteiger partial charge on any atom is -0.495 e. The van der Waals surface area contributed by atoms with Crippen LogP contribution in [-0.4, -0.2) is 24.0 Å². The average molecular weight is 384 g/mol. The van der Waals surface area contributed by atoms with Gasteiger partial charge in [0.1, 0.15) is 17.1 Å². The highest BCUT2D eigenvalue weighted by Crippen LogP contribution is 2.29. The van der Waals surface area contributed by atoms with Gasteiger partial charge in [0.15, 0.2) is 6.10 Å². The van der Waals surface area contributed by atoms with Crippen LogP contribution in [0.4, 0.5) is 11.4 Å². The number of carbonyl (C=O) groups is 1. The Hall–Kier alpha value is -3.88. The fourth-order valence-electron chi connectivity index (χ4n) is 2.51. The quantitative estimate of drug-likeness (QED) is 0.394. The van der Waals surface area contributed by atoms with Gasteiger partial charge in [-0.15, -0.1) is 0 Å². The maximum Gasteiger partial charge on any atom is 0.336 e. The summed E-state index contributed by atoms with van der Waals surface area (Å²) >= 11 is 0. The fourth-order valence-corrected chi connectivity index (χ4v) is 2.51. The molecular formula is C19H16N2O7. The molecule has 144 valence electrons. The molecule has 9 nitrogen and oxygen atoms in total. The lowest BCUT2D eigenvalue weighted by molar-refractivity contribution is -0.384. The van der Waals surface area contributed by atoms with Gasteiger partial charge in [-0.2, -0.15) is 0 Å². The van der Waals surface area contributed by atoms with Crippen LogP contribution >= 0.6 is 0 Å². The second-order valence-electron chi connectivity index (χ2n) is 5.85. The monoisotopic (exact) mass is 384 g/mol. The molecule has 9 heteroatoms. The molecule has 0 unspecified atom stereocenters. The van der Waals surface area contributed by atoms with Crippen LogP contribution in [0.1, 0.15) is 6.92 Å². The first-order valence-corrected chi connectivity index (χ1v) is 8.21. The van der Waals surface area contributed by atoms with Crippen LogP contribution < -0.4 is 20.4 Å². The van der Waals surface area contributed by atoms with E-state index in [4.69, 9.17) is 13.9 Å². The molecular weight excluding hydrogens is 368 g/mol. The normalized spacial score (nSPS) is 11.6. The number of nitrogens with one attached hydrogen (secondary N) is 1. The van der Waals surface area contributed by atoms with Crippen LogP contribution in [0.25, 0.3) is 11.0 Å². The molecule has 2 aromatic carbocycles. The van der Waals surface area contributed by atoms with Crippen LogP contribution in [0.3, 0.4) is 0 Å². The summed E-state index contributed by atoms with van der Waals surface area (Å²) in [5.74, 6) is 0.0718. The Morgan fingerprint density at radius 3 is 2.64 bits per heavy atom. The van der Waals surface area contributed by atoms with E-state index in [9.17, 15) is 19.7 Å². The van der Waals surface area contributed by atoms with E-state index < -0.39 is 22.6 Å². The number of methoxy groups -OCH3 is 1. The summed E-state index contributed by atoms with van der Waals surface area (Å²) in [6, 6.07) is 11.6. The fraction of sp³-hybridized carbons (Fsp3) is 0.158. The van der Waals surface area contributed by atoms with E-state index in [0.717, 1.165) is 0 Å². The number of rotatable bonds is 6. The first kappa shape index (κ1) is 18.9. The zero-order chi connectivity index (χ0) is 20.3. The number of ether oxygens (including phenoxy) is 2. The lowest BCUT2D eigenvalue weighted by Gasteiger charge is -2.16. The first-order chi connectivity index (χ1) is 13.4. The summed E-state index contributed by atoms with van der Waals surface area (Å²) in [5, 5.41) is 14.2. The van der Waals surface area contributed by atoms with E-state index in [1.807, 2.05) is 0 Å². The van der Waals surface area contributed by atoms with Crippen molar-refractivity contribution in [2.24, 2.45) is 0 Å². The molecule has 3 aromatic rings. The summed E-state index contributed by atoms with van der Waals surface area (Å²) in [7, 11) is 1.39. The second kappa shape index (κ2) is 7.78. The number of carbonyl (C=O) groups excluding carboxylic acids is 1. The Bertz CT molecular complexity index is 1110. The van der Waals surface area contributed by atoms with Crippen LogP contribution in [0, 0.1) is 10.1 Å². The number of anilines is 1. The average Bonchev–Trinajstić information content (AvgIpc) is 2.67. The van der Waals surface area contributed by atoms with Crippen molar-refractivity contribution >= 4 is 28.3 Å². The van der Waals surface area contributed by atoms with Crippen molar-refractivity contribution < 1.29 is 23.6 Å². The molecule has 0 spiro atoms. The Kier molecular flexibility index (Phi) is 5.25. The molecule has 0 saturated heterocycles. The summed E-state index contributed by atoms with van der Waals surface area (Å²) in [6.45, 7) is 1.52. The molecule has 0 aliphatic rings. The SMILES string of the molecule is COc1ccc([N+](=O)[O-])cc1NC(=O)[C@@H](C)Oc1ccc2ccc(=O)oc2c1. The Morgan fingerprint density at radius 2 is 1.93 bits per heavy atom. The molecule has 1 N–H and O–H groups in total. The van der Waals surface area contributed by atoms with Gasteiger partial charge in [-0.3, -0.25) is 14.9 Å². The molecule has 1 amide bonds. The molecule has 28 heavy (non-hydrogen) atoms. The highest BCUT2D eigenvalue weighted by molar-refractivity contribution is 5.95. The maximum absolute atomic E-state index is 12.4. The van der Waals surface area contributed by atoms with E-state index >= 15 is 0 Å². The van der Waals surface area contributed by atoms with Crippen molar-refractivity contribution in [1.82, 2.24) is 0 Å². The number of benzene rings is 2. The summed E-state index contributed by atoms with van der Waals surface area (Å²) in [5.41, 5.74) is -0.193. The summed E-state index contributed by atoms with van der Waals surface area (Å²) in [6.07, 6.45) is -0.933. The van der Waals surface area contributed by atoms with Crippen molar-refractivity contribution in [3.8, 4) is 11.5 Å². The highest BCUT2D eigenvalue weighted by atomic mass is 16.6. The van der Waals surface area contributed by atoms with Crippen molar-refractivity contribution in [3.63, 3.8) is 0 Å². The number of fused-ring (bicyclic) bond motifs is 1. The minimum absolute atomic E-state index is 0.154. The van der Waals surface area contributed by atoms with E-state index in [2.05, 4.69) is 5.32 Å². The first-order valence-electron chi connectivity index (χ1n) is 8.21. The molecule has 3 rings (SSSR count). The van der Waals surface area contributed by atoms with Gasteiger partial charge in [0.05, 0.1) is 17.7 Å². The van der Waals surface area contributed by atoms with Crippen molar-refractivity contribution in [3.05, 3.63) is 69.1 Å². The summed E-state index contributed by atoms with van der Waals surface area (Å²) in [4.78, 5) is 34.2. The Morgan fingerprint density at radius 1 is 1.18 bits per heavy atom. The van der Waals surface area contributed by atoms with Gasteiger partial charge in [-0.05, 0) is 31.2 Å². The molecule has 0 radical (unpaired) electrons. The van der Waals surface area contributed by atoms with E-state index in [1.165, 1.54) is 44.4 Å². The maximum atomic E-state index is 12.4. The second-order valence-corrected chi connectivity index (χ2v) is 5.85. The highest BCUT2D eigenvalue weighted by Gasteiger charge is 2.19. The van der Waals surface area contributed by atoms with Gasteiger partial charge in [0, 0.05) is 29.7 Å².